The van der Waals surface area contributed by atoms with Crippen molar-refractivity contribution >= 4 is 23.2 Å². The Morgan fingerprint density at radius 3 is 2.50 bits per heavy atom. The van der Waals surface area contributed by atoms with Gasteiger partial charge in [0.05, 0.1) is 12.6 Å². The van der Waals surface area contributed by atoms with E-state index in [9.17, 15) is 14.7 Å². The number of thiazole rings is 1. The Bertz CT molecular complexity index is 687. The molecule has 24 heavy (non-hydrogen) atoms. The average molecular weight is 347 g/mol. The Kier molecular flexibility index (Phi) is 6.45. The summed E-state index contributed by atoms with van der Waals surface area (Å²) in [5.74, 6) is -0.829. The van der Waals surface area contributed by atoms with Crippen LogP contribution < -0.4 is 10.6 Å². The molecule has 2 rings (SSSR count). The molecule has 2 amide bonds. The summed E-state index contributed by atoms with van der Waals surface area (Å²) in [5, 5.41) is 17.6. The summed E-state index contributed by atoms with van der Waals surface area (Å²) in [6, 6.07) is 7.33. The highest BCUT2D eigenvalue weighted by atomic mass is 32.1. The summed E-state index contributed by atoms with van der Waals surface area (Å²) < 4.78 is 0. The number of hydrogen-bond donors (Lipinski definition) is 3. The zero-order valence-electron chi connectivity index (χ0n) is 13.7. The number of carbonyl (C=O) groups excluding carboxylic acids is 2. The van der Waals surface area contributed by atoms with Crippen molar-refractivity contribution in [3.8, 4) is 0 Å². The maximum absolute atomic E-state index is 12.4. The number of nitrogens with zero attached hydrogens (tertiary/aromatic N) is 1. The molecule has 0 bridgehead atoms. The third-order valence-corrected chi connectivity index (χ3v) is 4.58. The first-order valence-electron chi connectivity index (χ1n) is 7.74. The molecule has 1 heterocycles. The number of rotatable bonds is 7. The zero-order chi connectivity index (χ0) is 17.5. The van der Waals surface area contributed by atoms with Gasteiger partial charge < -0.3 is 15.7 Å². The highest BCUT2D eigenvalue weighted by Crippen LogP contribution is 2.20. The van der Waals surface area contributed by atoms with Gasteiger partial charge in [0, 0.05) is 16.6 Å². The number of aliphatic hydroxyl groups is 1. The van der Waals surface area contributed by atoms with Gasteiger partial charge in [-0.2, -0.15) is 0 Å². The highest BCUT2D eigenvalue weighted by molar-refractivity contribution is 7.09. The molecular formula is C17H21N3O3S. The van der Waals surface area contributed by atoms with Gasteiger partial charge in [-0.25, -0.2) is 4.98 Å². The largest absolute Gasteiger partial charge is 0.394 e. The lowest BCUT2D eigenvalue weighted by atomic mass is 10.1. The third kappa shape index (κ3) is 4.62. The van der Waals surface area contributed by atoms with Crippen LogP contribution in [0.15, 0.2) is 35.7 Å². The fourth-order valence-corrected chi connectivity index (χ4v) is 3.10. The van der Waals surface area contributed by atoms with Crippen LogP contribution in [0.4, 0.5) is 0 Å². The predicted molar refractivity (Wildman–Crippen MR) is 92.8 cm³/mol. The first-order chi connectivity index (χ1) is 11.5. The van der Waals surface area contributed by atoms with Crippen molar-refractivity contribution in [1.29, 1.82) is 0 Å². The number of hydrogen-bond acceptors (Lipinski definition) is 5. The summed E-state index contributed by atoms with van der Waals surface area (Å²) in [5.41, 5.74) is 1.34. The molecule has 0 fully saturated rings. The maximum Gasteiger partial charge on any atom is 0.251 e. The molecule has 0 radical (unpaired) electrons. The Balaban J connectivity index is 2.01. The molecular weight excluding hydrogens is 326 g/mol. The van der Waals surface area contributed by atoms with Crippen LogP contribution in [-0.4, -0.2) is 34.6 Å². The lowest BCUT2D eigenvalue weighted by Crippen LogP contribution is -2.49. The minimum atomic E-state index is -1.01. The Morgan fingerprint density at radius 2 is 1.96 bits per heavy atom. The molecule has 7 heteroatoms. The van der Waals surface area contributed by atoms with Gasteiger partial charge in [-0.05, 0) is 25.5 Å². The molecule has 6 nitrogen and oxygen atoms in total. The Hall–Kier alpha value is -2.25. The fourth-order valence-electron chi connectivity index (χ4n) is 2.17. The summed E-state index contributed by atoms with van der Waals surface area (Å²) in [7, 11) is 0. The molecule has 0 aliphatic heterocycles. The molecule has 0 saturated heterocycles. The second kappa shape index (κ2) is 8.56. The van der Waals surface area contributed by atoms with Crippen LogP contribution in [0, 0.1) is 6.92 Å². The van der Waals surface area contributed by atoms with Crippen molar-refractivity contribution in [3.05, 3.63) is 52.0 Å². The van der Waals surface area contributed by atoms with E-state index in [1.54, 1.807) is 30.3 Å². The first-order valence-corrected chi connectivity index (χ1v) is 8.62. The standard InChI is InChI=1S/C17H21N3O3S/c1-3-13(17-18-11(2)10-24-17)19-16(23)14(9-21)20-15(22)12-7-5-4-6-8-12/h4-8,10,13-14,21H,3,9H2,1-2H3,(H,19,23)(H,20,22). The average Bonchev–Trinajstić information content (AvgIpc) is 3.04. The van der Waals surface area contributed by atoms with E-state index < -0.39 is 24.5 Å². The smallest absolute Gasteiger partial charge is 0.251 e. The van der Waals surface area contributed by atoms with Crippen LogP contribution in [0.1, 0.15) is 40.4 Å². The molecule has 2 unspecified atom stereocenters. The van der Waals surface area contributed by atoms with E-state index in [-0.39, 0.29) is 6.04 Å². The first kappa shape index (κ1) is 18.1. The lowest BCUT2D eigenvalue weighted by Gasteiger charge is -2.20. The van der Waals surface area contributed by atoms with Gasteiger partial charge in [-0.1, -0.05) is 25.1 Å². The lowest BCUT2D eigenvalue weighted by molar-refractivity contribution is -0.124. The van der Waals surface area contributed by atoms with Crippen LogP contribution >= 0.6 is 11.3 Å². The van der Waals surface area contributed by atoms with Crippen LogP contribution in [0.3, 0.4) is 0 Å². The number of nitrogens with one attached hydrogen (secondary N) is 2. The van der Waals surface area contributed by atoms with E-state index in [2.05, 4.69) is 15.6 Å². The van der Waals surface area contributed by atoms with E-state index in [1.165, 1.54) is 11.3 Å². The van der Waals surface area contributed by atoms with Crippen molar-refractivity contribution in [1.82, 2.24) is 15.6 Å². The predicted octanol–water partition coefficient (Wildman–Crippen LogP) is 1.81. The quantitative estimate of drug-likeness (QED) is 0.712. The van der Waals surface area contributed by atoms with Gasteiger partial charge in [-0.3, -0.25) is 9.59 Å². The molecule has 3 N–H and O–H groups in total. The van der Waals surface area contributed by atoms with Gasteiger partial charge in [0.1, 0.15) is 11.0 Å². The van der Waals surface area contributed by atoms with E-state index in [0.717, 1.165) is 10.7 Å². The van der Waals surface area contributed by atoms with Crippen LogP contribution in [0.5, 0.6) is 0 Å². The number of aryl methyl sites for hydroxylation is 1. The SMILES string of the molecule is CCC(NC(=O)C(CO)NC(=O)c1ccccc1)c1nc(C)cs1. The van der Waals surface area contributed by atoms with Crippen LogP contribution in [0.25, 0.3) is 0 Å². The Labute approximate surface area is 144 Å². The third-order valence-electron chi connectivity index (χ3n) is 3.50. The molecule has 2 atom stereocenters. The molecule has 1 aromatic heterocycles. The molecule has 0 saturated carbocycles. The molecule has 1 aromatic carbocycles. The van der Waals surface area contributed by atoms with Gasteiger partial charge >= 0.3 is 0 Å². The van der Waals surface area contributed by atoms with Crippen molar-refractivity contribution in [3.63, 3.8) is 0 Å². The normalized spacial score (nSPS) is 13.1. The number of aromatic nitrogens is 1. The van der Waals surface area contributed by atoms with Crippen LogP contribution in [0.2, 0.25) is 0 Å². The van der Waals surface area contributed by atoms with Crippen molar-refractivity contribution < 1.29 is 14.7 Å². The maximum atomic E-state index is 12.4. The summed E-state index contributed by atoms with van der Waals surface area (Å²) in [6.07, 6.45) is 0.670. The van der Waals surface area contributed by atoms with E-state index in [0.29, 0.717) is 12.0 Å². The molecule has 0 aliphatic rings. The molecule has 0 spiro atoms. The minimum absolute atomic E-state index is 0.237. The summed E-state index contributed by atoms with van der Waals surface area (Å²) in [4.78, 5) is 28.9. The number of carbonyl (C=O) groups is 2. The van der Waals surface area contributed by atoms with Crippen LogP contribution in [-0.2, 0) is 4.79 Å². The number of amides is 2. The van der Waals surface area contributed by atoms with E-state index in [4.69, 9.17) is 0 Å². The van der Waals surface area contributed by atoms with E-state index in [1.807, 2.05) is 19.2 Å². The van der Waals surface area contributed by atoms with Gasteiger partial charge in [0.15, 0.2) is 0 Å². The molecule has 128 valence electrons. The minimum Gasteiger partial charge on any atom is -0.394 e. The monoisotopic (exact) mass is 347 g/mol. The molecule has 2 aromatic rings. The second-order valence-corrected chi connectivity index (χ2v) is 6.26. The van der Waals surface area contributed by atoms with Gasteiger partial charge in [0.25, 0.3) is 5.91 Å². The van der Waals surface area contributed by atoms with E-state index >= 15 is 0 Å². The van der Waals surface area contributed by atoms with Crippen molar-refractivity contribution in [2.45, 2.75) is 32.4 Å². The van der Waals surface area contributed by atoms with Crippen molar-refractivity contribution in [2.75, 3.05) is 6.61 Å². The summed E-state index contributed by atoms with van der Waals surface area (Å²) in [6.45, 7) is 3.36. The van der Waals surface area contributed by atoms with Crippen molar-refractivity contribution in [2.24, 2.45) is 0 Å². The zero-order valence-corrected chi connectivity index (χ0v) is 14.5. The second-order valence-electron chi connectivity index (χ2n) is 5.37. The highest BCUT2D eigenvalue weighted by Gasteiger charge is 2.24. The summed E-state index contributed by atoms with van der Waals surface area (Å²) >= 11 is 1.48. The van der Waals surface area contributed by atoms with Gasteiger partial charge in [0.2, 0.25) is 5.91 Å². The van der Waals surface area contributed by atoms with Gasteiger partial charge in [-0.15, -0.1) is 11.3 Å². The topological polar surface area (TPSA) is 91.3 Å². The number of benzene rings is 1. The number of aliphatic hydroxyl groups excluding tert-OH is 1. The fraction of sp³-hybridized carbons (Fsp3) is 0.353. The molecule has 0 aliphatic carbocycles. The Morgan fingerprint density at radius 1 is 1.25 bits per heavy atom.